The fraction of sp³-hybridized carbons (Fsp3) is 0.368. The summed E-state index contributed by atoms with van der Waals surface area (Å²) in [5, 5.41) is 7.33. The number of hydrogen-bond acceptors (Lipinski definition) is 4. The van der Waals surface area contributed by atoms with Crippen LogP contribution < -0.4 is 20.3 Å². The molecule has 26 heavy (non-hydrogen) atoms. The van der Waals surface area contributed by atoms with Crippen molar-refractivity contribution in [3.63, 3.8) is 0 Å². The van der Waals surface area contributed by atoms with Crippen LogP contribution in [0, 0.1) is 0 Å². The molecule has 0 aliphatic carbocycles. The lowest BCUT2D eigenvalue weighted by atomic mass is 10.1. The summed E-state index contributed by atoms with van der Waals surface area (Å²) in [6.07, 6.45) is 2.61. The Morgan fingerprint density at radius 2 is 2.04 bits per heavy atom. The number of methoxy groups -OCH3 is 1. The highest BCUT2D eigenvalue weighted by Crippen LogP contribution is 2.22. The molecule has 0 fully saturated rings. The lowest BCUT2D eigenvalue weighted by molar-refractivity contribution is 0.414. The van der Waals surface area contributed by atoms with Gasteiger partial charge in [0.2, 0.25) is 0 Å². The highest BCUT2D eigenvalue weighted by Gasteiger charge is 2.04. The summed E-state index contributed by atoms with van der Waals surface area (Å²) in [7, 11) is 7.34. The van der Waals surface area contributed by atoms with Crippen LogP contribution in [0.4, 0.5) is 5.82 Å². The monoisotopic (exact) mass is 375 g/mol. The van der Waals surface area contributed by atoms with Gasteiger partial charge in [-0.15, -0.1) is 0 Å². The van der Waals surface area contributed by atoms with Gasteiger partial charge in [-0.25, -0.2) is 4.98 Å². The van der Waals surface area contributed by atoms with Gasteiger partial charge in [0.25, 0.3) is 0 Å². The lowest BCUT2D eigenvalue weighted by Crippen LogP contribution is -2.37. The second-order valence-electron chi connectivity index (χ2n) is 5.98. The molecule has 0 aliphatic heterocycles. The van der Waals surface area contributed by atoms with Crippen molar-refractivity contribution in [2.45, 2.75) is 13.0 Å². The standard InChI is InChI=1S/C19H26ClN5O/c1-21-19(24-13-14-7-9-22-18(11-14)25(2)3)23-10-8-15-5-6-16(26-4)12-17(15)20/h5-7,9,11-12H,8,10,13H2,1-4H3,(H2,21,23,24). The molecule has 7 heteroatoms. The van der Waals surface area contributed by atoms with Crippen LogP contribution in [0.3, 0.4) is 0 Å². The zero-order valence-corrected chi connectivity index (χ0v) is 16.5. The van der Waals surface area contributed by atoms with E-state index in [2.05, 4.69) is 26.7 Å². The Bertz CT molecular complexity index is 748. The number of anilines is 1. The van der Waals surface area contributed by atoms with Crippen LogP contribution in [0.1, 0.15) is 11.1 Å². The summed E-state index contributed by atoms with van der Waals surface area (Å²) in [5.74, 6) is 2.44. The molecule has 6 nitrogen and oxygen atoms in total. The van der Waals surface area contributed by atoms with Gasteiger partial charge in [-0.2, -0.15) is 0 Å². The van der Waals surface area contributed by atoms with Crippen molar-refractivity contribution in [3.05, 3.63) is 52.7 Å². The number of guanidine groups is 1. The summed E-state index contributed by atoms with van der Waals surface area (Å²) >= 11 is 6.28. The number of nitrogens with zero attached hydrogens (tertiary/aromatic N) is 3. The molecule has 0 atom stereocenters. The quantitative estimate of drug-likeness (QED) is 0.575. The third-order valence-corrected chi connectivity index (χ3v) is 4.25. The largest absolute Gasteiger partial charge is 0.497 e. The maximum Gasteiger partial charge on any atom is 0.191 e. The van der Waals surface area contributed by atoms with Crippen LogP contribution in [0.15, 0.2) is 41.5 Å². The molecule has 0 unspecified atom stereocenters. The third-order valence-electron chi connectivity index (χ3n) is 3.90. The average Bonchev–Trinajstić information content (AvgIpc) is 2.65. The van der Waals surface area contributed by atoms with Crippen LogP contribution in [0.5, 0.6) is 5.75 Å². The van der Waals surface area contributed by atoms with E-state index in [0.29, 0.717) is 11.6 Å². The van der Waals surface area contributed by atoms with Gasteiger partial charge in [0.15, 0.2) is 5.96 Å². The molecular weight excluding hydrogens is 350 g/mol. The summed E-state index contributed by atoms with van der Waals surface area (Å²) in [4.78, 5) is 10.6. The van der Waals surface area contributed by atoms with E-state index in [0.717, 1.165) is 41.6 Å². The van der Waals surface area contributed by atoms with Crippen LogP contribution in [-0.4, -0.2) is 45.7 Å². The van der Waals surface area contributed by atoms with Gasteiger partial charge >= 0.3 is 0 Å². The average molecular weight is 376 g/mol. The molecule has 0 radical (unpaired) electrons. The predicted octanol–water partition coefficient (Wildman–Crippen LogP) is 2.72. The zero-order chi connectivity index (χ0) is 18.9. The number of halogens is 1. The Labute approximate surface area is 160 Å². The van der Waals surface area contributed by atoms with Gasteiger partial charge < -0.3 is 20.3 Å². The van der Waals surface area contributed by atoms with Gasteiger partial charge in [-0.3, -0.25) is 4.99 Å². The van der Waals surface area contributed by atoms with Gasteiger partial charge in [0.1, 0.15) is 11.6 Å². The molecule has 1 aromatic carbocycles. The topological polar surface area (TPSA) is 61.8 Å². The van der Waals surface area contributed by atoms with Crippen molar-refractivity contribution in [3.8, 4) is 5.75 Å². The van der Waals surface area contributed by atoms with Crippen molar-refractivity contribution in [2.24, 2.45) is 4.99 Å². The first-order valence-electron chi connectivity index (χ1n) is 8.42. The van der Waals surface area contributed by atoms with E-state index in [4.69, 9.17) is 16.3 Å². The lowest BCUT2D eigenvalue weighted by Gasteiger charge is -2.14. The molecule has 0 aliphatic rings. The summed E-state index contributed by atoms with van der Waals surface area (Å²) in [6.45, 7) is 1.40. The summed E-state index contributed by atoms with van der Waals surface area (Å²) in [6, 6.07) is 9.77. The van der Waals surface area contributed by atoms with E-state index in [-0.39, 0.29) is 0 Å². The Hall–Kier alpha value is -2.47. The van der Waals surface area contributed by atoms with Crippen molar-refractivity contribution in [1.82, 2.24) is 15.6 Å². The first-order valence-corrected chi connectivity index (χ1v) is 8.80. The minimum Gasteiger partial charge on any atom is -0.497 e. The first kappa shape index (κ1) is 19.8. The van der Waals surface area contributed by atoms with Gasteiger partial charge in [-0.05, 0) is 41.8 Å². The van der Waals surface area contributed by atoms with Crippen LogP contribution in [0.25, 0.3) is 0 Å². The molecule has 1 heterocycles. The van der Waals surface area contributed by atoms with Crippen LogP contribution in [0.2, 0.25) is 5.02 Å². The Balaban J connectivity index is 1.84. The fourth-order valence-electron chi connectivity index (χ4n) is 2.39. The second-order valence-corrected chi connectivity index (χ2v) is 6.38. The number of benzene rings is 1. The molecule has 0 amide bonds. The van der Waals surface area contributed by atoms with E-state index in [1.165, 1.54) is 0 Å². The van der Waals surface area contributed by atoms with Crippen LogP contribution in [-0.2, 0) is 13.0 Å². The molecule has 1 aromatic heterocycles. The summed E-state index contributed by atoms with van der Waals surface area (Å²) in [5.41, 5.74) is 2.21. The minimum absolute atomic E-state index is 0.673. The molecule has 140 valence electrons. The molecule has 2 aromatic rings. The Morgan fingerprint density at radius 1 is 1.23 bits per heavy atom. The van der Waals surface area contributed by atoms with Crippen LogP contribution >= 0.6 is 11.6 Å². The van der Waals surface area contributed by atoms with Gasteiger partial charge in [-0.1, -0.05) is 17.7 Å². The fourth-order valence-corrected chi connectivity index (χ4v) is 2.66. The highest BCUT2D eigenvalue weighted by molar-refractivity contribution is 6.31. The first-order chi connectivity index (χ1) is 12.5. The molecule has 0 saturated carbocycles. The minimum atomic E-state index is 0.673. The number of rotatable bonds is 7. The molecule has 0 spiro atoms. The predicted molar refractivity (Wildman–Crippen MR) is 108 cm³/mol. The van der Waals surface area contributed by atoms with Crippen molar-refractivity contribution < 1.29 is 4.74 Å². The SMILES string of the molecule is CN=C(NCCc1ccc(OC)cc1Cl)NCc1ccnc(N(C)C)c1. The third kappa shape index (κ3) is 5.81. The van der Waals surface area contributed by atoms with Crippen molar-refractivity contribution >= 4 is 23.4 Å². The maximum atomic E-state index is 6.28. The van der Waals surface area contributed by atoms with E-state index in [9.17, 15) is 0 Å². The van der Waals surface area contributed by atoms with E-state index in [1.54, 1.807) is 14.2 Å². The molecule has 0 saturated heterocycles. The number of ether oxygens (including phenoxy) is 1. The summed E-state index contributed by atoms with van der Waals surface area (Å²) < 4.78 is 5.17. The van der Waals surface area contributed by atoms with Crippen molar-refractivity contribution in [2.75, 3.05) is 39.7 Å². The van der Waals surface area contributed by atoms with E-state index in [1.807, 2.05) is 49.5 Å². The normalized spacial score (nSPS) is 11.2. The van der Waals surface area contributed by atoms with E-state index >= 15 is 0 Å². The van der Waals surface area contributed by atoms with Crippen molar-refractivity contribution in [1.29, 1.82) is 0 Å². The number of nitrogens with one attached hydrogen (secondary N) is 2. The van der Waals surface area contributed by atoms with E-state index < -0.39 is 0 Å². The molecular formula is C19H26ClN5O. The smallest absolute Gasteiger partial charge is 0.191 e. The number of aliphatic imine (C=N–C) groups is 1. The molecule has 0 bridgehead atoms. The zero-order valence-electron chi connectivity index (χ0n) is 15.7. The number of hydrogen-bond donors (Lipinski definition) is 2. The maximum absolute atomic E-state index is 6.28. The Morgan fingerprint density at radius 3 is 2.69 bits per heavy atom. The second kappa shape index (κ2) is 9.87. The number of aromatic nitrogens is 1. The van der Waals surface area contributed by atoms with Gasteiger partial charge in [0, 0.05) is 45.5 Å². The Kier molecular flexibility index (Phi) is 7.53. The highest BCUT2D eigenvalue weighted by atomic mass is 35.5. The van der Waals surface area contributed by atoms with Gasteiger partial charge in [0.05, 0.1) is 7.11 Å². The molecule has 2 N–H and O–H groups in total. The number of pyridine rings is 1. The molecule has 2 rings (SSSR count).